The first-order valence-electron chi connectivity index (χ1n) is 4.26. The number of hydrogen-bond acceptors (Lipinski definition) is 2. The lowest BCUT2D eigenvalue weighted by Crippen LogP contribution is -2.34. The lowest BCUT2D eigenvalue weighted by molar-refractivity contribution is -0.129. The fourth-order valence-electron chi connectivity index (χ4n) is 1.81. The van der Waals surface area contributed by atoms with E-state index < -0.39 is 0 Å². The molecule has 2 rings (SSSR count). The van der Waals surface area contributed by atoms with Gasteiger partial charge in [0.2, 0.25) is 5.91 Å². The molecule has 2 atom stereocenters. The van der Waals surface area contributed by atoms with E-state index in [2.05, 4.69) is 5.32 Å². The number of rotatable bonds is 3. The van der Waals surface area contributed by atoms with Crippen molar-refractivity contribution in [3.05, 3.63) is 0 Å². The van der Waals surface area contributed by atoms with Gasteiger partial charge in [-0.25, -0.2) is 0 Å². The Balaban J connectivity index is 1.82. The van der Waals surface area contributed by atoms with Gasteiger partial charge in [-0.2, -0.15) is 0 Å². The molecule has 1 saturated carbocycles. The molecule has 1 heterocycles. The Bertz CT molecular complexity index is 181. The summed E-state index contributed by atoms with van der Waals surface area (Å²) in [6.45, 7) is 2.83. The Morgan fingerprint density at radius 1 is 1.73 bits per heavy atom. The molecule has 1 N–H and O–H groups in total. The van der Waals surface area contributed by atoms with Gasteiger partial charge in [0, 0.05) is 25.6 Å². The monoisotopic (exact) mass is 154 g/mol. The number of carbonyl (C=O) groups is 1. The quantitative estimate of drug-likeness (QED) is 0.604. The molecule has 1 aliphatic heterocycles. The number of likely N-dealkylation sites (tertiary alicyclic amines) is 1. The molecule has 62 valence electrons. The van der Waals surface area contributed by atoms with Crippen LogP contribution in [0.2, 0.25) is 0 Å². The van der Waals surface area contributed by atoms with E-state index in [1.165, 1.54) is 0 Å². The van der Waals surface area contributed by atoms with Crippen LogP contribution in [0.4, 0.5) is 0 Å². The third-order valence-corrected chi connectivity index (χ3v) is 2.64. The Hall–Kier alpha value is -0.570. The second-order valence-corrected chi connectivity index (χ2v) is 3.49. The average molecular weight is 154 g/mol. The van der Waals surface area contributed by atoms with Crippen molar-refractivity contribution >= 4 is 5.91 Å². The zero-order chi connectivity index (χ0) is 7.84. The van der Waals surface area contributed by atoms with Crippen LogP contribution in [0.1, 0.15) is 6.42 Å². The van der Waals surface area contributed by atoms with Crippen LogP contribution in [0.25, 0.3) is 0 Å². The van der Waals surface area contributed by atoms with E-state index in [4.69, 9.17) is 0 Å². The maximum absolute atomic E-state index is 11.4. The van der Waals surface area contributed by atoms with Gasteiger partial charge >= 0.3 is 0 Å². The van der Waals surface area contributed by atoms with Crippen LogP contribution in [-0.4, -0.2) is 37.5 Å². The molecule has 2 unspecified atom stereocenters. The van der Waals surface area contributed by atoms with E-state index in [9.17, 15) is 4.79 Å². The fraction of sp³-hybridized carbons (Fsp3) is 0.875. The fourth-order valence-corrected chi connectivity index (χ4v) is 1.81. The summed E-state index contributed by atoms with van der Waals surface area (Å²) in [5.41, 5.74) is 0. The van der Waals surface area contributed by atoms with Crippen molar-refractivity contribution in [2.45, 2.75) is 6.42 Å². The average Bonchev–Trinajstić information content (AvgIpc) is 2.70. The van der Waals surface area contributed by atoms with Gasteiger partial charge in [0.05, 0.1) is 0 Å². The minimum atomic E-state index is 0.394. The highest BCUT2D eigenvalue weighted by molar-refractivity contribution is 5.84. The maximum Gasteiger partial charge on any atom is 0.226 e. The number of hydrogen-bond donors (Lipinski definition) is 1. The van der Waals surface area contributed by atoms with Crippen LogP contribution < -0.4 is 5.32 Å². The molecule has 0 spiro atoms. The number of nitrogens with zero attached hydrogens (tertiary/aromatic N) is 1. The summed E-state index contributed by atoms with van der Waals surface area (Å²) in [6, 6.07) is 0. The zero-order valence-corrected chi connectivity index (χ0v) is 6.84. The summed E-state index contributed by atoms with van der Waals surface area (Å²) >= 11 is 0. The largest absolute Gasteiger partial charge is 0.341 e. The molecular weight excluding hydrogens is 140 g/mol. The summed E-state index contributed by atoms with van der Waals surface area (Å²) in [5, 5.41) is 3.05. The van der Waals surface area contributed by atoms with Crippen molar-refractivity contribution in [2.75, 3.05) is 26.7 Å². The predicted molar refractivity (Wildman–Crippen MR) is 42.1 cm³/mol. The van der Waals surface area contributed by atoms with Crippen molar-refractivity contribution in [3.63, 3.8) is 0 Å². The van der Waals surface area contributed by atoms with Crippen molar-refractivity contribution in [3.8, 4) is 0 Å². The van der Waals surface area contributed by atoms with E-state index in [0.29, 0.717) is 11.8 Å². The van der Waals surface area contributed by atoms with Crippen LogP contribution in [0, 0.1) is 11.8 Å². The van der Waals surface area contributed by atoms with Crippen molar-refractivity contribution < 1.29 is 4.79 Å². The smallest absolute Gasteiger partial charge is 0.226 e. The van der Waals surface area contributed by atoms with Crippen LogP contribution in [0.15, 0.2) is 0 Å². The molecule has 3 nitrogen and oxygen atoms in total. The van der Waals surface area contributed by atoms with Crippen LogP contribution in [0.5, 0.6) is 0 Å². The Morgan fingerprint density at radius 3 is 3.09 bits per heavy atom. The molecule has 3 heteroatoms. The molecule has 1 aliphatic carbocycles. The molecule has 11 heavy (non-hydrogen) atoms. The van der Waals surface area contributed by atoms with E-state index in [0.717, 1.165) is 32.0 Å². The SMILES string of the molecule is CNCCN1CC2CC2C1=O. The first kappa shape index (κ1) is 7.10. The predicted octanol–water partition coefficient (Wildman–Crippen LogP) is -0.316. The summed E-state index contributed by atoms with van der Waals surface area (Å²) in [4.78, 5) is 13.3. The number of nitrogens with one attached hydrogen (secondary N) is 1. The maximum atomic E-state index is 11.4. The van der Waals surface area contributed by atoms with Gasteiger partial charge in [0.25, 0.3) is 0 Å². The minimum absolute atomic E-state index is 0.394. The van der Waals surface area contributed by atoms with Gasteiger partial charge in [-0.3, -0.25) is 4.79 Å². The van der Waals surface area contributed by atoms with Crippen molar-refractivity contribution in [1.82, 2.24) is 10.2 Å². The Morgan fingerprint density at radius 2 is 2.55 bits per heavy atom. The van der Waals surface area contributed by atoms with E-state index >= 15 is 0 Å². The lowest BCUT2D eigenvalue weighted by atomic mass is 10.4. The summed E-state index contributed by atoms with van der Waals surface area (Å²) < 4.78 is 0. The van der Waals surface area contributed by atoms with Crippen LogP contribution >= 0.6 is 0 Å². The van der Waals surface area contributed by atoms with Crippen LogP contribution in [-0.2, 0) is 4.79 Å². The first-order valence-corrected chi connectivity index (χ1v) is 4.26. The van der Waals surface area contributed by atoms with Gasteiger partial charge in [-0.15, -0.1) is 0 Å². The summed E-state index contributed by atoms with van der Waals surface area (Å²) in [5.74, 6) is 1.54. The van der Waals surface area contributed by atoms with E-state index in [1.54, 1.807) is 0 Å². The second-order valence-electron chi connectivity index (χ2n) is 3.49. The third-order valence-electron chi connectivity index (χ3n) is 2.64. The normalized spacial score (nSPS) is 34.3. The molecule has 0 bridgehead atoms. The topological polar surface area (TPSA) is 32.3 Å². The molecule has 1 amide bonds. The Labute approximate surface area is 66.8 Å². The molecule has 2 aliphatic rings. The van der Waals surface area contributed by atoms with E-state index in [-0.39, 0.29) is 0 Å². The van der Waals surface area contributed by atoms with E-state index in [1.807, 2.05) is 11.9 Å². The highest BCUT2D eigenvalue weighted by Crippen LogP contribution is 2.45. The van der Waals surface area contributed by atoms with Gasteiger partial charge in [0.15, 0.2) is 0 Å². The van der Waals surface area contributed by atoms with Gasteiger partial charge in [-0.05, 0) is 19.4 Å². The number of likely N-dealkylation sites (N-methyl/N-ethyl adjacent to an activating group) is 1. The molecule has 0 aromatic heterocycles. The number of carbonyl (C=O) groups excluding carboxylic acids is 1. The minimum Gasteiger partial charge on any atom is -0.341 e. The van der Waals surface area contributed by atoms with Crippen LogP contribution in [0.3, 0.4) is 0 Å². The summed E-state index contributed by atoms with van der Waals surface area (Å²) in [6.07, 6.45) is 1.16. The molecule has 0 aromatic rings. The molecule has 1 saturated heterocycles. The number of piperidine rings is 1. The van der Waals surface area contributed by atoms with Gasteiger partial charge in [-0.1, -0.05) is 0 Å². The Kier molecular flexibility index (Phi) is 1.60. The zero-order valence-electron chi connectivity index (χ0n) is 6.84. The summed E-state index contributed by atoms with van der Waals surface area (Å²) in [7, 11) is 1.92. The van der Waals surface area contributed by atoms with Gasteiger partial charge in [0.1, 0.15) is 0 Å². The lowest BCUT2D eigenvalue weighted by Gasteiger charge is -2.17. The third kappa shape index (κ3) is 1.13. The highest BCUT2D eigenvalue weighted by Gasteiger charge is 2.51. The molecule has 2 fully saturated rings. The number of fused-ring (bicyclic) bond motifs is 1. The first-order chi connectivity index (χ1) is 5.33. The molecule has 0 aromatic carbocycles. The highest BCUT2D eigenvalue weighted by atomic mass is 16.2. The standard InChI is InChI=1S/C8H14N2O/c1-9-2-3-10-5-6-4-7(6)8(10)11/h6-7,9H,2-5H2,1H3. The van der Waals surface area contributed by atoms with Crippen molar-refractivity contribution in [1.29, 1.82) is 0 Å². The number of amides is 1. The molecule has 0 radical (unpaired) electrons. The second kappa shape index (κ2) is 2.48. The molecular formula is C8H14N2O. The van der Waals surface area contributed by atoms with Crippen molar-refractivity contribution in [2.24, 2.45) is 11.8 Å². The van der Waals surface area contributed by atoms with Gasteiger partial charge < -0.3 is 10.2 Å².